The summed E-state index contributed by atoms with van der Waals surface area (Å²) in [5.41, 5.74) is 3.72. The van der Waals surface area contributed by atoms with Gasteiger partial charge in [0.2, 0.25) is 0 Å². The van der Waals surface area contributed by atoms with E-state index in [4.69, 9.17) is 23.2 Å². The fourth-order valence-electron chi connectivity index (χ4n) is 6.51. The van der Waals surface area contributed by atoms with Gasteiger partial charge in [-0.05, 0) is 132 Å². The summed E-state index contributed by atoms with van der Waals surface area (Å²) in [6.07, 6.45) is 10.9. The molecule has 2 fully saturated rings. The number of halogens is 2. The van der Waals surface area contributed by atoms with Crippen LogP contribution in [0.4, 0.5) is 0 Å². The maximum Gasteiger partial charge on any atom is 0.101 e. The smallest absolute Gasteiger partial charge is 0.101 e. The first-order chi connectivity index (χ1) is 19.8. The molecule has 0 radical (unpaired) electrons. The summed E-state index contributed by atoms with van der Waals surface area (Å²) in [5, 5.41) is 1.47. The summed E-state index contributed by atoms with van der Waals surface area (Å²) in [4.78, 5) is 0. The van der Waals surface area contributed by atoms with Crippen LogP contribution in [0.2, 0.25) is 10.0 Å². The number of hydrogen-bond donors (Lipinski definition) is 0. The molecule has 8 heteroatoms. The number of rotatable bonds is 10. The van der Waals surface area contributed by atoms with Crippen molar-refractivity contribution in [3.8, 4) is 0 Å². The van der Waals surface area contributed by atoms with Crippen LogP contribution in [-0.2, 0) is 41.2 Å². The van der Waals surface area contributed by atoms with E-state index in [9.17, 15) is 8.42 Å². The van der Waals surface area contributed by atoms with E-state index in [1.165, 1.54) is 23.1 Å². The van der Waals surface area contributed by atoms with E-state index in [2.05, 4.69) is 79.6 Å². The summed E-state index contributed by atoms with van der Waals surface area (Å²) in [7, 11) is -2.19. The molecule has 0 amide bonds. The van der Waals surface area contributed by atoms with Gasteiger partial charge in [0.25, 0.3) is 0 Å². The third-order valence-corrected chi connectivity index (χ3v) is 13.6. The SMILES string of the molecule is CC(C)(C)S(=O)N1CC2CC2C[C@@H]1Cc1ccc(Cl)cc1CCC(C)(C)S(=O)N1CC=CC[C@@H]1Cc1ccc(Cl)cc1. The first kappa shape index (κ1) is 32.4. The molecular formula is C34H46Cl2N2O2S2. The van der Waals surface area contributed by atoms with Crippen molar-refractivity contribution in [3.63, 3.8) is 0 Å². The van der Waals surface area contributed by atoms with Crippen LogP contribution < -0.4 is 0 Å². The molecule has 6 atom stereocenters. The molecule has 230 valence electrons. The van der Waals surface area contributed by atoms with Crippen LogP contribution in [0.25, 0.3) is 0 Å². The number of hydrogen-bond acceptors (Lipinski definition) is 2. The second-order valence-electron chi connectivity index (χ2n) is 14.0. The van der Waals surface area contributed by atoms with Crippen molar-refractivity contribution in [2.75, 3.05) is 13.1 Å². The molecule has 2 aromatic carbocycles. The Bertz CT molecular complexity index is 1340. The topological polar surface area (TPSA) is 40.6 Å². The molecule has 0 N–H and O–H groups in total. The van der Waals surface area contributed by atoms with Gasteiger partial charge in [0.05, 0.1) is 20.5 Å². The Balaban J connectivity index is 1.29. The molecule has 4 nitrogen and oxygen atoms in total. The lowest BCUT2D eigenvalue weighted by atomic mass is 9.91. The van der Waals surface area contributed by atoms with Crippen LogP contribution >= 0.6 is 23.2 Å². The lowest BCUT2D eigenvalue weighted by Crippen LogP contribution is -2.48. The van der Waals surface area contributed by atoms with Crippen LogP contribution in [0.15, 0.2) is 54.6 Å². The van der Waals surface area contributed by atoms with Gasteiger partial charge in [0.15, 0.2) is 0 Å². The molecule has 2 aromatic rings. The third-order valence-electron chi connectivity index (χ3n) is 9.16. The van der Waals surface area contributed by atoms with Crippen molar-refractivity contribution in [2.45, 2.75) is 101 Å². The number of piperidine rings is 1. The van der Waals surface area contributed by atoms with Gasteiger partial charge in [-0.25, -0.2) is 17.0 Å². The first-order valence-corrected chi connectivity index (χ1v) is 18.3. The van der Waals surface area contributed by atoms with Crippen LogP contribution in [0.5, 0.6) is 0 Å². The molecule has 1 saturated carbocycles. The molecule has 0 bridgehead atoms. The first-order valence-electron chi connectivity index (χ1n) is 15.4. The Hall–Kier alpha value is -1.02. The highest BCUT2D eigenvalue weighted by Gasteiger charge is 2.48. The molecule has 0 aromatic heterocycles. The lowest BCUT2D eigenvalue weighted by molar-refractivity contribution is 0.248. The van der Waals surface area contributed by atoms with E-state index in [1.807, 2.05) is 18.2 Å². The van der Waals surface area contributed by atoms with Crippen LogP contribution in [0.3, 0.4) is 0 Å². The molecule has 4 unspecified atom stereocenters. The molecule has 2 aliphatic heterocycles. The average Bonchev–Trinajstić information content (AvgIpc) is 3.71. The van der Waals surface area contributed by atoms with Gasteiger partial charge in [-0.1, -0.05) is 53.6 Å². The zero-order chi connectivity index (χ0) is 30.2. The predicted octanol–water partition coefficient (Wildman–Crippen LogP) is 7.96. The average molecular weight is 650 g/mol. The van der Waals surface area contributed by atoms with E-state index < -0.39 is 26.7 Å². The third kappa shape index (κ3) is 7.79. The molecule has 0 spiro atoms. The summed E-state index contributed by atoms with van der Waals surface area (Å²) < 4.78 is 31.5. The Morgan fingerprint density at radius 3 is 2.21 bits per heavy atom. The molecule has 42 heavy (non-hydrogen) atoms. The fraction of sp³-hybridized carbons (Fsp3) is 0.588. The van der Waals surface area contributed by atoms with Crippen LogP contribution in [0, 0.1) is 11.8 Å². The van der Waals surface area contributed by atoms with E-state index in [0.29, 0.717) is 12.5 Å². The molecular weight excluding hydrogens is 603 g/mol. The maximum absolute atomic E-state index is 14.1. The standard InChI is InChI=1S/C34H46Cl2N2O2S2/c1-33(2,3)41(39)38-23-28-19-27(28)22-32(38)21-25-11-14-30(36)20-26(25)15-16-34(4,5)42(40)37-17-7-6-8-31(37)18-24-9-12-29(35)13-10-24/h6-7,9-14,20,27-28,31-32H,8,15-19,21-23H2,1-5H3/t27?,28?,31-,32+,41?,42?/m1/s1. The van der Waals surface area contributed by atoms with Crippen molar-refractivity contribution in [2.24, 2.45) is 11.8 Å². The van der Waals surface area contributed by atoms with Crippen molar-refractivity contribution in [1.29, 1.82) is 0 Å². The minimum Gasteiger partial charge on any atom is -0.242 e. The van der Waals surface area contributed by atoms with Gasteiger partial charge in [0, 0.05) is 35.2 Å². The highest BCUT2D eigenvalue weighted by atomic mass is 35.5. The predicted molar refractivity (Wildman–Crippen MR) is 180 cm³/mol. The molecule has 3 aliphatic rings. The minimum atomic E-state index is -1.16. The second-order valence-corrected chi connectivity index (χ2v) is 19.2. The van der Waals surface area contributed by atoms with Crippen molar-refractivity contribution >= 4 is 45.2 Å². The summed E-state index contributed by atoms with van der Waals surface area (Å²) in [5.74, 6) is 1.49. The van der Waals surface area contributed by atoms with Crippen LogP contribution in [0.1, 0.15) is 77.0 Å². The summed E-state index contributed by atoms with van der Waals surface area (Å²) in [6.45, 7) is 12.1. The van der Waals surface area contributed by atoms with Gasteiger partial charge in [-0.2, -0.15) is 0 Å². The molecule has 1 saturated heterocycles. The van der Waals surface area contributed by atoms with E-state index in [1.54, 1.807) is 0 Å². The molecule has 5 rings (SSSR count). The molecule has 2 heterocycles. The Kier molecular flexibility index (Phi) is 10.1. The van der Waals surface area contributed by atoms with Gasteiger partial charge < -0.3 is 0 Å². The summed E-state index contributed by atoms with van der Waals surface area (Å²) >= 11 is 12.6. The highest BCUT2D eigenvalue weighted by molar-refractivity contribution is 7.84. The monoisotopic (exact) mass is 648 g/mol. The van der Waals surface area contributed by atoms with Gasteiger partial charge in [0.1, 0.15) is 11.0 Å². The van der Waals surface area contributed by atoms with Crippen molar-refractivity contribution in [3.05, 3.63) is 81.4 Å². The van der Waals surface area contributed by atoms with Gasteiger partial charge in [-0.3, -0.25) is 0 Å². The lowest BCUT2D eigenvalue weighted by Gasteiger charge is -2.39. The Labute approximate surface area is 268 Å². The summed E-state index contributed by atoms with van der Waals surface area (Å²) in [6, 6.07) is 14.7. The van der Waals surface area contributed by atoms with Crippen LogP contribution in [-0.4, -0.2) is 51.7 Å². The normalized spacial score (nSPS) is 26.5. The highest BCUT2D eigenvalue weighted by Crippen LogP contribution is 2.48. The zero-order valence-corrected chi connectivity index (χ0v) is 28.8. The Morgan fingerprint density at radius 1 is 0.786 bits per heavy atom. The second kappa shape index (κ2) is 13.1. The largest absolute Gasteiger partial charge is 0.242 e. The quantitative estimate of drug-likeness (QED) is 0.245. The zero-order valence-electron chi connectivity index (χ0n) is 25.7. The molecule has 1 aliphatic carbocycles. The maximum atomic E-state index is 14.1. The fourth-order valence-corrected chi connectivity index (χ4v) is 9.86. The van der Waals surface area contributed by atoms with E-state index in [0.717, 1.165) is 61.0 Å². The van der Waals surface area contributed by atoms with E-state index >= 15 is 0 Å². The number of benzene rings is 2. The number of aryl methyl sites for hydroxylation is 1. The number of nitrogens with zero attached hydrogens (tertiary/aromatic N) is 2. The van der Waals surface area contributed by atoms with E-state index in [-0.39, 0.29) is 16.8 Å². The van der Waals surface area contributed by atoms with Gasteiger partial charge >= 0.3 is 0 Å². The Morgan fingerprint density at radius 2 is 1.50 bits per heavy atom. The minimum absolute atomic E-state index is 0.185. The van der Waals surface area contributed by atoms with Gasteiger partial charge in [-0.15, -0.1) is 0 Å². The van der Waals surface area contributed by atoms with Crippen molar-refractivity contribution in [1.82, 2.24) is 8.61 Å². The number of fused-ring (bicyclic) bond motifs is 1. The van der Waals surface area contributed by atoms with Crippen molar-refractivity contribution < 1.29 is 8.42 Å².